The number of benzene rings is 1. The minimum atomic E-state index is -4.71. The first-order valence-electron chi connectivity index (χ1n) is 6.04. The molecule has 4 nitrogen and oxygen atoms in total. The van der Waals surface area contributed by atoms with Gasteiger partial charge in [-0.05, 0) is 24.5 Å². The lowest BCUT2D eigenvalue weighted by atomic mass is 10.1. The zero-order chi connectivity index (χ0) is 14.8. The molecule has 1 aromatic rings. The number of alkyl halides is 3. The molecule has 1 aliphatic heterocycles. The van der Waals surface area contributed by atoms with E-state index in [4.69, 9.17) is 4.74 Å². The largest absolute Gasteiger partial charge is 0.417 e. The van der Waals surface area contributed by atoms with Crippen molar-refractivity contribution in [2.45, 2.75) is 17.5 Å². The van der Waals surface area contributed by atoms with Gasteiger partial charge in [0, 0.05) is 13.2 Å². The Balaban J connectivity index is 2.20. The first kappa shape index (κ1) is 15.3. The highest BCUT2D eigenvalue weighted by atomic mass is 32.2. The summed E-state index contributed by atoms with van der Waals surface area (Å²) in [7, 11) is -4.19. The summed E-state index contributed by atoms with van der Waals surface area (Å²) in [5.41, 5.74) is -1.16. The molecule has 0 unspecified atom stereocenters. The van der Waals surface area contributed by atoms with Crippen LogP contribution < -0.4 is 4.72 Å². The van der Waals surface area contributed by atoms with E-state index in [-0.39, 0.29) is 12.5 Å². The third-order valence-corrected chi connectivity index (χ3v) is 4.55. The van der Waals surface area contributed by atoms with Crippen LogP contribution in [0, 0.1) is 5.92 Å². The Hall–Kier alpha value is -1.12. The Morgan fingerprint density at radius 3 is 2.60 bits per heavy atom. The zero-order valence-electron chi connectivity index (χ0n) is 10.5. The first-order valence-corrected chi connectivity index (χ1v) is 7.52. The van der Waals surface area contributed by atoms with Crippen LogP contribution in [0.1, 0.15) is 12.0 Å². The van der Waals surface area contributed by atoms with Crippen LogP contribution in [-0.4, -0.2) is 28.2 Å². The molecule has 8 heteroatoms. The smallest absolute Gasteiger partial charge is 0.381 e. The Morgan fingerprint density at radius 1 is 1.30 bits per heavy atom. The molecule has 0 amide bonds. The average molecular weight is 309 g/mol. The molecule has 1 aliphatic rings. The number of sulfonamides is 1. The summed E-state index contributed by atoms with van der Waals surface area (Å²) in [6, 6.07) is 4.14. The van der Waals surface area contributed by atoms with E-state index in [2.05, 4.69) is 4.72 Å². The van der Waals surface area contributed by atoms with Crippen LogP contribution in [0.15, 0.2) is 29.2 Å². The maximum Gasteiger partial charge on any atom is 0.417 e. The summed E-state index contributed by atoms with van der Waals surface area (Å²) in [6.07, 6.45) is -4.01. The fourth-order valence-corrected chi connectivity index (χ4v) is 3.33. The van der Waals surface area contributed by atoms with Crippen molar-refractivity contribution in [2.24, 2.45) is 5.92 Å². The SMILES string of the molecule is O=S(=O)(NC[C@@H]1CCOC1)c1ccccc1C(F)(F)F. The number of rotatable bonds is 4. The second-order valence-electron chi connectivity index (χ2n) is 4.58. The lowest BCUT2D eigenvalue weighted by Crippen LogP contribution is -2.31. The molecule has 1 heterocycles. The molecule has 112 valence electrons. The Labute approximate surface area is 115 Å². The van der Waals surface area contributed by atoms with Crippen molar-refractivity contribution < 1.29 is 26.3 Å². The highest BCUT2D eigenvalue weighted by molar-refractivity contribution is 7.89. The summed E-state index contributed by atoms with van der Waals surface area (Å²) in [5, 5.41) is 0. The Morgan fingerprint density at radius 2 is 2.00 bits per heavy atom. The predicted octanol–water partition coefficient (Wildman–Crippen LogP) is 2.02. The molecule has 0 saturated carbocycles. The van der Waals surface area contributed by atoms with Crippen LogP contribution in [0.4, 0.5) is 13.2 Å². The molecule has 1 fully saturated rings. The van der Waals surface area contributed by atoms with Gasteiger partial charge in [-0.25, -0.2) is 13.1 Å². The molecule has 0 radical (unpaired) electrons. The fourth-order valence-electron chi connectivity index (χ4n) is 1.98. The molecular weight excluding hydrogens is 295 g/mol. The molecule has 1 N–H and O–H groups in total. The highest BCUT2D eigenvalue weighted by Crippen LogP contribution is 2.33. The van der Waals surface area contributed by atoms with Gasteiger partial charge in [0.2, 0.25) is 10.0 Å². The maximum atomic E-state index is 12.8. The van der Waals surface area contributed by atoms with Crippen molar-refractivity contribution in [1.82, 2.24) is 4.72 Å². The third kappa shape index (κ3) is 3.50. The second kappa shape index (κ2) is 5.71. The lowest BCUT2D eigenvalue weighted by molar-refractivity contribution is -0.139. The molecule has 0 spiro atoms. The zero-order valence-corrected chi connectivity index (χ0v) is 11.3. The number of ether oxygens (including phenoxy) is 1. The lowest BCUT2D eigenvalue weighted by Gasteiger charge is -2.15. The number of hydrogen-bond acceptors (Lipinski definition) is 3. The summed E-state index contributed by atoms with van der Waals surface area (Å²) in [6.45, 7) is 1.05. The molecule has 2 rings (SSSR count). The van der Waals surface area contributed by atoms with E-state index >= 15 is 0 Å². The minimum absolute atomic E-state index is 0.00261. The number of hydrogen-bond donors (Lipinski definition) is 1. The van der Waals surface area contributed by atoms with E-state index in [1.54, 1.807) is 0 Å². The van der Waals surface area contributed by atoms with Gasteiger partial charge >= 0.3 is 6.18 Å². The molecule has 1 atom stereocenters. The van der Waals surface area contributed by atoms with E-state index in [0.29, 0.717) is 19.6 Å². The molecule has 0 aromatic heterocycles. The average Bonchev–Trinajstić information content (AvgIpc) is 2.89. The van der Waals surface area contributed by atoms with Gasteiger partial charge in [-0.2, -0.15) is 13.2 Å². The standard InChI is InChI=1S/C12H14F3NO3S/c13-12(14,15)10-3-1-2-4-11(10)20(17,18)16-7-9-5-6-19-8-9/h1-4,9,16H,5-8H2/t9-/m0/s1. The van der Waals surface area contributed by atoms with Gasteiger partial charge < -0.3 is 4.74 Å². The van der Waals surface area contributed by atoms with Gasteiger partial charge in [-0.15, -0.1) is 0 Å². The fraction of sp³-hybridized carbons (Fsp3) is 0.500. The van der Waals surface area contributed by atoms with Crippen LogP contribution in [0.3, 0.4) is 0 Å². The van der Waals surface area contributed by atoms with Crippen molar-refractivity contribution in [3.8, 4) is 0 Å². The summed E-state index contributed by atoms with van der Waals surface area (Å²) in [5.74, 6) is 0.00261. The van der Waals surface area contributed by atoms with Gasteiger partial charge in [-0.1, -0.05) is 12.1 Å². The van der Waals surface area contributed by atoms with Gasteiger partial charge in [0.15, 0.2) is 0 Å². The van der Waals surface area contributed by atoms with Crippen LogP contribution in [0.25, 0.3) is 0 Å². The van der Waals surface area contributed by atoms with Crippen LogP contribution in [0.2, 0.25) is 0 Å². The van der Waals surface area contributed by atoms with Gasteiger partial charge in [0.05, 0.1) is 17.1 Å². The highest BCUT2D eigenvalue weighted by Gasteiger charge is 2.36. The van der Waals surface area contributed by atoms with Gasteiger partial charge in [0.1, 0.15) is 0 Å². The summed E-state index contributed by atoms with van der Waals surface area (Å²) >= 11 is 0. The molecule has 1 saturated heterocycles. The van der Waals surface area contributed by atoms with Crippen molar-refractivity contribution in [3.05, 3.63) is 29.8 Å². The maximum absolute atomic E-state index is 12.8. The van der Waals surface area contributed by atoms with Gasteiger partial charge in [-0.3, -0.25) is 0 Å². The van der Waals surface area contributed by atoms with Crippen molar-refractivity contribution in [3.63, 3.8) is 0 Å². The number of halogens is 3. The van der Waals surface area contributed by atoms with E-state index in [0.717, 1.165) is 18.2 Å². The van der Waals surface area contributed by atoms with Crippen LogP contribution >= 0.6 is 0 Å². The van der Waals surface area contributed by atoms with E-state index in [1.165, 1.54) is 6.07 Å². The first-order chi connectivity index (χ1) is 9.31. The molecular formula is C12H14F3NO3S. The molecule has 1 aromatic carbocycles. The predicted molar refractivity (Wildman–Crippen MR) is 65.6 cm³/mol. The van der Waals surface area contributed by atoms with Gasteiger partial charge in [0.25, 0.3) is 0 Å². The summed E-state index contributed by atoms with van der Waals surface area (Å²) < 4.78 is 69.7. The quantitative estimate of drug-likeness (QED) is 0.926. The number of nitrogens with one attached hydrogen (secondary N) is 1. The minimum Gasteiger partial charge on any atom is -0.381 e. The molecule has 20 heavy (non-hydrogen) atoms. The topological polar surface area (TPSA) is 55.4 Å². The van der Waals surface area contributed by atoms with Crippen molar-refractivity contribution in [2.75, 3.05) is 19.8 Å². The van der Waals surface area contributed by atoms with Crippen LogP contribution in [-0.2, 0) is 20.9 Å². The van der Waals surface area contributed by atoms with Crippen LogP contribution in [0.5, 0.6) is 0 Å². The monoisotopic (exact) mass is 309 g/mol. The van der Waals surface area contributed by atoms with Crippen molar-refractivity contribution in [1.29, 1.82) is 0 Å². The van der Waals surface area contributed by atoms with E-state index in [9.17, 15) is 21.6 Å². The van der Waals surface area contributed by atoms with E-state index in [1.807, 2.05) is 0 Å². The van der Waals surface area contributed by atoms with Crippen molar-refractivity contribution >= 4 is 10.0 Å². The Kier molecular flexibility index (Phi) is 4.36. The normalized spacial score (nSPS) is 20.2. The molecule has 0 bridgehead atoms. The second-order valence-corrected chi connectivity index (χ2v) is 6.31. The Bertz CT molecular complexity index is 566. The third-order valence-electron chi connectivity index (χ3n) is 3.07. The van der Waals surface area contributed by atoms with E-state index < -0.39 is 26.7 Å². The summed E-state index contributed by atoms with van der Waals surface area (Å²) in [4.78, 5) is -0.744. The molecule has 0 aliphatic carbocycles.